The number of aliphatic hydroxyl groups is 4. The number of benzene rings is 2. The fourth-order valence-electron chi connectivity index (χ4n) is 3.20. The van der Waals surface area contributed by atoms with E-state index in [4.69, 9.17) is 14.2 Å². The van der Waals surface area contributed by atoms with Crippen molar-refractivity contribution in [3.05, 3.63) is 65.2 Å². The van der Waals surface area contributed by atoms with Crippen LogP contribution in [0.3, 0.4) is 0 Å². The summed E-state index contributed by atoms with van der Waals surface area (Å²) in [7, 11) is 1.32. The van der Waals surface area contributed by atoms with Gasteiger partial charge in [-0.15, -0.1) is 0 Å². The van der Waals surface area contributed by atoms with E-state index in [0.29, 0.717) is 16.9 Å². The predicted molar refractivity (Wildman–Crippen MR) is 101 cm³/mol. The summed E-state index contributed by atoms with van der Waals surface area (Å²) in [5, 5.41) is 39.3. The van der Waals surface area contributed by atoms with Crippen molar-refractivity contribution < 1.29 is 39.4 Å². The van der Waals surface area contributed by atoms with E-state index in [-0.39, 0.29) is 6.61 Å². The Kier molecular flexibility index (Phi) is 6.83. The van der Waals surface area contributed by atoms with E-state index in [9.17, 15) is 25.2 Å². The van der Waals surface area contributed by atoms with Gasteiger partial charge in [0.1, 0.15) is 42.9 Å². The number of methoxy groups -OCH3 is 1. The number of rotatable bonds is 6. The molecule has 0 spiro atoms. The van der Waals surface area contributed by atoms with Crippen molar-refractivity contribution in [1.82, 2.24) is 0 Å². The molecule has 0 aliphatic carbocycles. The zero-order chi connectivity index (χ0) is 21.0. The standard InChI is InChI=1S/C21H24O8/c1-27-21(26)14-4-2-3-12(9-14)11-28-15-7-5-13(6-8-15)20-19(25)18(24)17(23)16(10-22)29-20/h2-9,16-20,22-25H,10-11H2,1H3/t16-,17-,18+,19+,20?/m1/s1. The van der Waals surface area contributed by atoms with Gasteiger partial charge in [0.05, 0.1) is 19.3 Å². The van der Waals surface area contributed by atoms with Crippen LogP contribution in [0.5, 0.6) is 5.75 Å². The minimum Gasteiger partial charge on any atom is -0.489 e. The summed E-state index contributed by atoms with van der Waals surface area (Å²) in [4.78, 5) is 11.6. The molecule has 0 aromatic heterocycles. The molecule has 5 atom stereocenters. The first-order valence-electron chi connectivity index (χ1n) is 9.15. The summed E-state index contributed by atoms with van der Waals surface area (Å²) < 4.78 is 16.0. The van der Waals surface area contributed by atoms with Crippen molar-refractivity contribution >= 4 is 5.97 Å². The van der Waals surface area contributed by atoms with Gasteiger partial charge in [-0.2, -0.15) is 0 Å². The lowest BCUT2D eigenvalue weighted by atomic mass is 9.91. The minimum absolute atomic E-state index is 0.240. The maximum absolute atomic E-state index is 11.6. The van der Waals surface area contributed by atoms with Crippen LogP contribution in [0.25, 0.3) is 0 Å². The molecule has 2 aromatic rings. The minimum atomic E-state index is -1.43. The highest BCUT2D eigenvalue weighted by Gasteiger charge is 2.43. The Morgan fingerprint density at radius 1 is 1.03 bits per heavy atom. The molecular formula is C21H24O8. The predicted octanol–water partition coefficient (Wildman–Crippen LogP) is 0.567. The van der Waals surface area contributed by atoms with E-state index in [1.165, 1.54) is 7.11 Å². The third-order valence-electron chi connectivity index (χ3n) is 4.85. The Bertz CT molecular complexity index is 820. The molecule has 8 nitrogen and oxygen atoms in total. The number of carbonyl (C=O) groups is 1. The van der Waals surface area contributed by atoms with Crippen molar-refractivity contribution in [2.24, 2.45) is 0 Å². The Morgan fingerprint density at radius 2 is 1.76 bits per heavy atom. The van der Waals surface area contributed by atoms with Gasteiger partial charge >= 0.3 is 5.97 Å². The molecule has 156 valence electrons. The number of esters is 1. The van der Waals surface area contributed by atoms with Gasteiger partial charge < -0.3 is 34.6 Å². The summed E-state index contributed by atoms with van der Waals surface area (Å²) >= 11 is 0. The molecule has 1 aliphatic heterocycles. The molecule has 0 amide bonds. The van der Waals surface area contributed by atoms with Crippen LogP contribution < -0.4 is 4.74 Å². The van der Waals surface area contributed by atoms with E-state index in [0.717, 1.165) is 5.56 Å². The fraction of sp³-hybridized carbons (Fsp3) is 0.381. The van der Waals surface area contributed by atoms with Gasteiger partial charge in [0.15, 0.2) is 0 Å². The van der Waals surface area contributed by atoms with Crippen molar-refractivity contribution in [1.29, 1.82) is 0 Å². The first-order valence-corrected chi connectivity index (χ1v) is 9.15. The maximum atomic E-state index is 11.6. The molecule has 0 saturated carbocycles. The SMILES string of the molecule is COC(=O)c1cccc(COc2ccc(C3O[C@H](CO)[C@@H](O)[C@H](O)[C@@H]3O)cc2)c1. The van der Waals surface area contributed by atoms with Crippen LogP contribution in [-0.2, 0) is 16.1 Å². The van der Waals surface area contributed by atoms with Crippen molar-refractivity contribution in [2.75, 3.05) is 13.7 Å². The quantitative estimate of drug-likeness (QED) is 0.515. The normalized spacial score (nSPS) is 26.7. The van der Waals surface area contributed by atoms with Gasteiger partial charge in [-0.1, -0.05) is 24.3 Å². The number of hydrogen-bond donors (Lipinski definition) is 4. The number of ether oxygens (including phenoxy) is 3. The molecule has 8 heteroatoms. The summed E-state index contributed by atoms with van der Waals surface area (Å²) in [5.74, 6) is 0.137. The van der Waals surface area contributed by atoms with E-state index in [1.54, 1.807) is 42.5 Å². The van der Waals surface area contributed by atoms with E-state index in [1.807, 2.05) is 6.07 Å². The van der Waals surface area contributed by atoms with Gasteiger partial charge in [0.2, 0.25) is 0 Å². The van der Waals surface area contributed by atoms with E-state index >= 15 is 0 Å². The average Bonchev–Trinajstić information content (AvgIpc) is 2.76. The monoisotopic (exact) mass is 404 g/mol. The van der Waals surface area contributed by atoms with Crippen LogP contribution in [0.4, 0.5) is 0 Å². The summed E-state index contributed by atoms with van der Waals surface area (Å²) in [6.45, 7) is -0.239. The summed E-state index contributed by atoms with van der Waals surface area (Å²) in [6.07, 6.45) is -6.01. The van der Waals surface area contributed by atoms with E-state index in [2.05, 4.69) is 0 Å². The third kappa shape index (κ3) is 4.75. The first-order chi connectivity index (χ1) is 13.9. The van der Waals surface area contributed by atoms with Crippen LogP contribution in [0.15, 0.2) is 48.5 Å². The molecule has 3 rings (SSSR count). The van der Waals surface area contributed by atoms with Crippen LogP contribution in [0.1, 0.15) is 27.6 Å². The Labute approximate surface area is 167 Å². The molecule has 2 aromatic carbocycles. The highest BCUT2D eigenvalue weighted by atomic mass is 16.5. The van der Waals surface area contributed by atoms with Gasteiger partial charge in [-0.3, -0.25) is 0 Å². The zero-order valence-corrected chi connectivity index (χ0v) is 15.8. The lowest BCUT2D eigenvalue weighted by Crippen LogP contribution is -2.55. The topological polar surface area (TPSA) is 126 Å². The summed E-state index contributed by atoms with van der Waals surface area (Å²) in [6, 6.07) is 13.6. The van der Waals surface area contributed by atoms with Crippen LogP contribution in [0, 0.1) is 0 Å². The first kappa shape index (κ1) is 21.2. The smallest absolute Gasteiger partial charge is 0.337 e. The Morgan fingerprint density at radius 3 is 2.41 bits per heavy atom. The van der Waals surface area contributed by atoms with E-state index < -0.39 is 43.1 Å². The fourth-order valence-corrected chi connectivity index (χ4v) is 3.20. The maximum Gasteiger partial charge on any atom is 0.337 e. The second kappa shape index (κ2) is 9.34. The lowest BCUT2D eigenvalue weighted by Gasteiger charge is -2.40. The van der Waals surface area contributed by atoms with Crippen LogP contribution in [0.2, 0.25) is 0 Å². The highest BCUT2D eigenvalue weighted by molar-refractivity contribution is 5.89. The Hall–Kier alpha value is -2.49. The average molecular weight is 404 g/mol. The lowest BCUT2D eigenvalue weighted by molar-refractivity contribution is -0.231. The molecular weight excluding hydrogens is 380 g/mol. The molecule has 1 saturated heterocycles. The molecule has 0 bridgehead atoms. The van der Waals surface area contributed by atoms with Gasteiger partial charge in [-0.25, -0.2) is 4.79 Å². The molecule has 0 radical (unpaired) electrons. The van der Waals surface area contributed by atoms with Gasteiger partial charge in [0.25, 0.3) is 0 Å². The zero-order valence-electron chi connectivity index (χ0n) is 15.8. The molecule has 29 heavy (non-hydrogen) atoms. The molecule has 1 unspecified atom stereocenters. The van der Waals surface area contributed by atoms with Crippen molar-refractivity contribution in [3.63, 3.8) is 0 Å². The second-order valence-corrected chi connectivity index (χ2v) is 6.80. The largest absolute Gasteiger partial charge is 0.489 e. The third-order valence-corrected chi connectivity index (χ3v) is 4.85. The molecule has 1 fully saturated rings. The number of carbonyl (C=O) groups excluding carboxylic acids is 1. The van der Waals surface area contributed by atoms with Crippen molar-refractivity contribution in [2.45, 2.75) is 37.1 Å². The number of aliphatic hydroxyl groups excluding tert-OH is 4. The highest BCUT2D eigenvalue weighted by Crippen LogP contribution is 2.33. The second-order valence-electron chi connectivity index (χ2n) is 6.80. The molecule has 1 heterocycles. The van der Waals surface area contributed by atoms with Gasteiger partial charge in [-0.05, 0) is 35.4 Å². The van der Waals surface area contributed by atoms with Crippen LogP contribution >= 0.6 is 0 Å². The van der Waals surface area contributed by atoms with Crippen molar-refractivity contribution in [3.8, 4) is 5.75 Å². The summed E-state index contributed by atoms with van der Waals surface area (Å²) in [5.41, 5.74) is 1.81. The van der Waals surface area contributed by atoms with Crippen LogP contribution in [-0.4, -0.2) is 64.5 Å². The molecule has 1 aliphatic rings. The number of hydrogen-bond acceptors (Lipinski definition) is 8. The Balaban J connectivity index is 1.65. The van der Waals surface area contributed by atoms with Gasteiger partial charge in [0, 0.05) is 0 Å². The molecule has 4 N–H and O–H groups in total.